The van der Waals surface area contributed by atoms with Gasteiger partial charge in [-0.3, -0.25) is 9.59 Å². The van der Waals surface area contributed by atoms with Gasteiger partial charge in [-0.15, -0.1) is 11.3 Å². The highest BCUT2D eigenvalue weighted by Gasteiger charge is 2.27. The highest BCUT2D eigenvalue weighted by molar-refractivity contribution is 7.80. The van der Waals surface area contributed by atoms with Crippen LogP contribution in [0, 0.1) is 6.92 Å². The number of thiocarbonyl (C=S) groups is 1. The van der Waals surface area contributed by atoms with E-state index in [2.05, 4.69) is 10.6 Å². The number of carbonyl (C=O) groups excluding carboxylic acids is 3. The van der Waals surface area contributed by atoms with E-state index >= 15 is 0 Å². The highest BCUT2D eigenvalue weighted by atomic mass is 32.1. The lowest BCUT2D eigenvalue weighted by Gasteiger charge is -2.17. The number of benzene rings is 1. The first-order valence-corrected chi connectivity index (χ1v) is 10.7. The van der Waals surface area contributed by atoms with Crippen molar-refractivity contribution in [3.63, 3.8) is 0 Å². The summed E-state index contributed by atoms with van der Waals surface area (Å²) in [5.74, 6) is -0.751. The molecule has 0 atom stereocenters. The molecule has 0 aliphatic carbocycles. The van der Waals surface area contributed by atoms with E-state index in [0.717, 1.165) is 11.3 Å². The number of thiophene rings is 1. The van der Waals surface area contributed by atoms with Crippen molar-refractivity contribution in [3.8, 4) is 0 Å². The second kappa shape index (κ2) is 10.3. The first-order valence-electron chi connectivity index (χ1n) is 9.43. The van der Waals surface area contributed by atoms with Gasteiger partial charge in [0.05, 0.1) is 17.6 Å². The van der Waals surface area contributed by atoms with Crippen LogP contribution in [0.1, 0.15) is 56.7 Å². The first kappa shape index (κ1) is 23.5. The van der Waals surface area contributed by atoms with Gasteiger partial charge in [-0.1, -0.05) is 12.1 Å². The van der Waals surface area contributed by atoms with E-state index in [1.807, 2.05) is 13.8 Å². The fourth-order valence-electron chi connectivity index (χ4n) is 2.89. The van der Waals surface area contributed by atoms with Crippen LogP contribution in [0.2, 0.25) is 0 Å². The third-order valence-corrected chi connectivity index (χ3v) is 5.93. The molecule has 30 heavy (non-hydrogen) atoms. The normalized spacial score (nSPS) is 10.3. The van der Waals surface area contributed by atoms with Crippen LogP contribution in [0.15, 0.2) is 24.3 Å². The highest BCUT2D eigenvalue weighted by Crippen LogP contribution is 2.34. The predicted molar refractivity (Wildman–Crippen MR) is 124 cm³/mol. The van der Waals surface area contributed by atoms with Gasteiger partial charge in [0, 0.05) is 24.3 Å². The number of hydrogen-bond acceptors (Lipinski definition) is 6. The van der Waals surface area contributed by atoms with E-state index < -0.39 is 5.97 Å². The average Bonchev–Trinajstić information content (AvgIpc) is 3.03. The van der Waals surface area contributed by atoms with Crippen LogP contribution in [0.25, 0.3) is 0 Å². The van der Waals surface area contributed by atoms with E-state index in [1.165, 1.54) is 14.0 Å². The Morgan fingerprint density at radius 2 is 1.83 bits per heavy atom. The van der Waals surface area contributed by atoms with Gasteiger partial charge in [0.25, 0.3) is 5.91 Å². The number of nitrogens with zero attached hydrogens (tertiary/aromatic N) is 1. The van der Waals surface area contributed by atoms with Crippen molar-refractivity contribution < 1.29 is 19.1 Å². The second-order valence-electron chi connectivity index (χ2n) is 6.45. The number of ketones is 1. The molecule has 0 unspecified atom stereocenters. The minimum Gasteiger partial charge on any atom is -0.465 e. The second-order valence-corrected chi connectivity index (χ2v) is 7.87. The van der Waals surface area contributed by atoms with Crippen LogP contribution < -0.4 is 10.6 Å². The van der Waals surface area contributed by atoms with Crippen LogP contribution in [-0.4, -0.2) is 47.9 Å². The lowest BCUT2D eigenvalue weighted by atomic mass is 10.1. The number of methoxy groups -OCH3 is 1. The number of Topliss-reactive ketones (excluding diaryl/α,β-unsaturated/α-hetero) is 1. The Morgan fingerprint density at radius 3 is 2.40 bits per heavy atom. The molecule has 2 rings (SSSR count). The van der Waals surface area contributed by atoms with Crippen molar-refractivity contribution >= 4 is 57.0 Å². The van der Waals surface area contributed by atoms with Gasteiger partial charge in [0.15, 0.2) is 10.9 Å². The SMILES string of the molecule is CCN(CC)C(=O)c1sc(NC(=S)Nc2cccc(C(C)=O)c2)c(C(=O)OC)c1C. The maximum atomic E-state index is 12.9. The van der Waals surface area contributed by atoms with Crippen LogP contribution in [0.4, 0.5) is 10.7 Å². The Balaban J connectivity index is 2.33. The fourth-order valence-corrected chi connectivity index (χ4v) is 4.34. The summed E-state index contributed by atoms with van der Waals surface area (Å²) < 4.78 is 4.91. The zero-order valence-electron chi connectivity index (χ0n) is 17.6. The minimum atomic E-state index is -0.550. The third-order valence-electron chi connectivity index (χ3n) is 4.54. The van der Waals surface area contributed by atoms with E-state index in [4.69, 9.17) is 17.0 Å². The molecule has 0 spiro atoms. The molecule has 7 nitrogen and oxygen atoms in total. The Bertz CT molecular complexity index is 981. The van der Waals surface area contributed by atoms with Gasteiger partial charge < -0.3 is 20.3 Å². The maximum absolute atomic E-state index is 12.9. The topological polar surface area (TPSA) is 87.7 Å². The van der Waals surface area contributed by atoms with Gasteiger partial charge in [-0.2, -0.15) is 0 Å². The average molecular weight is 448 g/mol. The molecule has 0 saturated heterocycles. The molecule has 160 valence electrons. The quantitative estimate of drug-likeness (QED) is 0.371. The van der Waals surface area contributed by atoms with Gasteiger partial charge in [0.2, 0.25) is 0 Å². The molecule has 0 saturated carbocycles. The third kappa shape index (κ3) is 5.22. The van der Waals surface area contributed by atoms with Crippen LogP contribution in [-0.2, 0) is 4.74 Å². The summed E-state index contributed by atoms with van der Waals surface area (Å²) in [7, 11) is 1.29. The van der Waals surface area contributed by atoms with Gasteiger partial charge in [-0.05, 0) is 57.6 Å². The first-order chi connectivity index (χ1) is 14.2. The Kier molecular flexibility index (Phi) is 8.08. The van der Waals surface area contributed by atoms with Crippen LogP contribution in [0.3, 0.4) is 0 Å². The Morgan fingerprint density at radius 1 is 1.17 bits per heavy atom. The molecule has 1 aromatic heterocycles. The minimum absolute atomic E-state index is 0.0565. The van der Waals surface area contributed by atoms with Gasteiger partial charge in [0.1, 0.15) is 5.00 Å². The van der Waals surface area contributed by atoms with Crippen molar-refractivity contribution in [2.45, 2.75) is 27.7 Å². The number of nitrogens with one attached hydrogen (secondary N) is 2. The molecule has 0 aliphatic heterocycles. The summed E-state index contributed by atoms with van der Waals surface area (Å²) >= 11 is 6.54. The number of rotatable bonds is 7. The van der Waals surface area contributed by atoms with Crippen molar-refractivity contribution in [2.24, 2.45) is 0 Å². The lowest BCUT2D eigenvalue weighted by Crippen LogP contribution is -2.30. The summed E-state index contributed by atoms with van der Waals surface area (Å²) in [5, 5.41) is 6.65. The molecule has 1 heterocycles. The standard InChI is InChI=1S/C21H25N3O4S2/c1-6-24(7-2)19(26)17-12(3)16(20(27)28-5)18(30-17)23-21(29)22-15-10-8-9-14(11-15)13(4)25/h8-11H,6-7H2,1-5H3,(H2,22,23,29). The summed E-state index contributed by atoms with van der Waals surface area (Å²) in [4.78, 5) is 39.0. The maximum Gasteiger partial charge on any atom is 0.341 e. The Hall–Kier alpha value is -2.78. The molecule has 2 aromatic rings. The summed E-state index contributed by atoms with van der Waals surface area (Å²) in [6.07, 6.45) is 0. The largest absolute Gasteiger partial charge is 0.465 e. The number of anilines is 2. The van der Waals surface area contributed by atoms with Crippen molar-refractivity contribution in [2.75, 3.05) is 30.8 Å². The molecule has 0 fully saturated rings. The molecule has 2 N–H and O–H groups in total. The number of hydrogen-bond donors (Lipinski definition) is 2. The van der Waals surface area contributed by atoms with Crippen LogP contribution in [0.5, 0.6) is 0 Å². The lowest BCUT2D eigenvalue weighted by molar-refractivity contribution is 0.0601. The summed E-state index contributed by atoms with van der Waals surface area (Å²) in [6.45, 7) is 8.14. The molecular formula is C21H25N3O4S2. The fraction of sp³-hybridized carbons (Fsp3) is 0.333. The molecule has 9 heteroatoms. The Labute approximate surface area is 185 Å². The molecule has 0 radical (unpaired) electrons. The van der Waals surface area contributed by atoms with Gasteiger partial charge in [-0.25, -0.2) is 4.79 Å². The monoisotopic (exact) mass is 447 g/mol. The number of carbonyl (C=O) groups is 3. The number of ether oxygens (including phenoxy) is 1. The number of amides is 1. The molecule has 1 amide bonds. The predicted octanol–water partition coefficient (Wildman–Crippen LogP) is 4.34. The zero-order chi connectivity index (χ0) is 22.4. The van der Waals surface area contributed by atoms with E-state index in [9.17, 15) is 14.4 Å². The van der Waals surface area contributed by atoms with Crippen molar-refractivity contribution in [3.05, 3.63) is 45.8 Å². The molecule has 1 aromatic carbocycles. The van der Waals surface area contributed by atoms with E-state index in [-0.39, 0.29) is 22.4 Å². The van der Waals surface area contributed by atoms with E-state index in [1.54, 1.807) is 36.1 Å². The van der Waals surface area contributed by atoms with Crippen molar-refractivity contribution in [1.29, 1.82) is 0 Å². The smallest absolute Gasteiger partial charge is 0.341 e. The summed E-state index contributed by atoms with van der Waals surface area (Å²) in [5.41, 5.74) is 2.01. The van der Waals surface area contributed by atoms with Crippen LogP contribution >= 0.6 is 23.6 Å². The van der Waals surface area contributed by atoms with E-state index in [0.29, 0.717) is 39.8 Å². The molecular weight excluding hydrogens is 422 g/mol. The van der Waals surface area contributed by atoms with Crippen molar-refractivity contribution in [1.82, 2.24) is 4.90 Å². The molecule has 0 bridgehead atoms. The molecule has 0 aliphatic rings. The van der Waals surface area contributed by atoms with Gasteiger partial charge >= 0.3 is 5.97 Å². The summed E-state index contributed by atoms with van der Waals surface area (Å²) in [6, 6.07) is 6.92. The zero-order valence-corrected chi connectivity index (χ0v) is 19.3. The number of esters is 1.